The number of imidazole rings is 1. The molecule has 1 N–H and O–H groups in total. The van der Waals surface area contributed by atoms with Gasteiger partial charge in [0.2, 0.25) is 0 Å². The molecule has 3 rings (SSSR count). The van der Waals surface area contributed by atoms with Gasteiger partial charge in [-0.2, -0.15) is 0 Å². The van der Waals surface area contributed by atoms with Crippen LogP contribution in [0.5, 0.6) is 5.75 Å². The maximum absolute atomic E-state index is 10.1. The van der Waals surface area contributed by atoms with Gasteiger partial charge >= 0.3 is 0 Å². The lowest BCUT2D eigenvalue weighted by atomic mass is 10.2. The van der Waals surface area contributed by atoms with Crippen molar-refractivity contribution in [2.24, 2.45) is 0 Å². The van der Waals surface area contributed by atoms with Crippen LogP contribution >= 0.6 is 11.8 Å². The summed E-state index contributed by atoms with van der Waals surface area (Å²) in [5.41, 5.74) is 2.20. The number of aryl methyl sites for hydroxylation is 1. The fourth-order valence-corrected chi connectivity index (χ4v) is 3.01. The van der Waals surface area contributed by atoms with Crippen molar-refractivity contribution in [2.45, 2.75) is 18.2 Å². The monoisotopic (exact) mass is 314 g/mol. The molecule has 2 heterocycles. The van der Waals surface area contributed by atoms with Gasteiger partial charge in [-0.05, 0) is 36.8 Å². The number of thioether (sulfide) groups is 1. The Morgan fingerprint density at radius 3 is 3.05 bits per heavy atom. The zero-order chi connectivity index (χ0) is 15.4. The average molecular weight is 314 g/mol. The van der Waals surface area contributed by atoms with Gasteiger partial charge in [-0.1, -0.05) is 30.0 Å². The highest BCUT2D eigenvalue weighted by atomic mass is 32.2. The van der Waals surface area contributed by atoms with Crippen molar-refractivity contribution in [1.82, 2.24) is 9.38 Å². The Morgan fingerprint density at radius 1 is 1.27 bits per heavy atom. The summed E-state index contributed by atoms with van der Waals surface area (Å²) in [7, 11) is 0. The van der Waals surface area contributed by atoms with E-state index < -0.39 is 6.10 Å². The highest BCUT2D eigenvalue weighted by Crippen LogP contribution is 2.19. The summed E-state index contributed by atoms with van der Waals surface area (Å²) in [6.45, 7) is 2.29. The molecule has 1 aromatic carbocycles. The molecule has 0 bridgehead atoms. The number of aliphatic hydroxyl groups excluding tert-OH is 1. The minimum absolute atomic E-state index is 0.278. The van der Waals surface area contributed by atoms with Crippen LogP contribution in [0.25, 0.3) is 5.52 Å². The second kappa shape index (κ2) is 6.85. The quantitative estimate of drug-likeness (QED) is 0.710. The molecule has 0 fully saturated rings. The Labute approximate surface area is 133 Å². The molecule has 0 spiro atoms. The number of nitrogens with zero attached hydrogens (tertiary/aromatic N) is 2. The van der Waals surface area contributed by atoms with E-state index in [0.717, 1.165) is 22.0 Å². The number of hydrogen-bond acceptors (Lipinski definition) is 4. The Balaban J connectivity index is 1.53. The number of rotatable bonds is 6. The first kappa shape index (κ1) is 14.9. The van der Waals surface area contributed by atoms with Crippen molar-refractivity contribution in [2.75, 3.05) is 12.4 Å². The second-order valence-corrected chi connectivity index (χ2v) is 6.12. The van der Waals surface area contributed by atoms with Crippen LogP contribution in [0.15, 0.2) is 60.0 Å². The normalized spacial score (nSPS) is 12.5. The maximum atomic E-state index is 10.1. The first-order valence-corrected chi connectivity index (χ1v) is 8.13. The molecule has 2 aromatic heterocycles. The summed E-state index contributed by atoms with van der Waals surface area (Å²) in [5, 5.41) is 10.9. The SMILES string of the molecule is Cc1cccc(OC[C@@H](O)CSc2ncc3ccccn23)c1. The van der Waals surface area contributed by atoms with Crippen LogP contribution in [0.1, 0.15) is 5.56 Å². The van der Waals surface area contributed by atoms with Gasteiger partial charge in [0.1, 0.15) is 12.4 Å². The van der Waals surface area contributed by atoms with Crippen molar-refractivity contribution in [3.05, 3.63) is 60.4 Å². The molecule has 0 radical (unpaired) electrons. The van der Waals surface area contributed by atoms with Gasteiger partial charge in [0, 0.05) is 11.9 Å². The van der Waals surface area contributed by atoms with Gasteiger partial charge in [0.15, 0.2) is 5.16 Å². The average Bonchev–Trinajstić information content (AvgIpc) is 2.94. The fraction of sp³-hybridized carbons (Fsp3) is 0.235. The second-order valence-electron chi connectivity index (χ2n) is 5.13. The summed E-state index contributed by atoms with van der Waals surface area (Å²) in [4.78, 5) is 4.37. The number of pyridine rings is 1. The molecule has 4 nitrogen and oxygen atoms in total. The maximum Gasteiger partial charge on any atom is 0.172 e. The van der Waals surface area contributed by atoms with Crippen LogP contribution in [0.2, 0.25) is 0 Å². The van der Waals surface area contributed by atoms with Crippen molar-refractivity contribution in [1.29, 1.82) is 0 Å². The number of ether oxygens (including phenoxy) is 1. The van der Waals surface area contributed by atoms with Crippen LogP contribution in [-0.2, 0) is 0 Å². The summed E-state index contributed by atoms with van der Waals surface area (Å²) < 4.78 is 7.63. The zero-order valence-electron chi connectivity index (χ0n) is 12.3. The van der Waals surface area contributed by atoms with Gasteiger partial charge in [-0.3, -0.25) is 4.40 Å². The van der Waals surface area contributed by atoms with E-state index in [-0.39, 0.29) is 6.61 Å². The van der Waals surface area contributed by atoms with Gasteiger partial charge < -0.3 is 9.84 Å². The molecule has 0 aliphatic carbocycles. The Bertz CT molecular complexity index is 757. The minimum Gasteiger partial charge on any atom is -0.491 e. The van der Waals surface area contributed by atoms with Crippen molar-refractivity contribution in [3.8, 4) is 5.75 Å². The minimum atomic E-state index is -0.540. The fourth-order valence-electron chi connectivity index (χ4n) is 2.14. The van der Waals surface area contributed by atoms with Gasteiger partial charge in [-0.25, -0.2) is 4.98 Å². The summed E-state index contributed by atoms with van der Waals surface area (Å²) in [6.07, 6.45) is 3.26. The predicted molar refractivity (Wildman–Crippen MR) is 88.6 cm³/mol. The van der Waals surface area contributed by atoms with Crippen LogP contribution in [0.3, 0.4) is 0 Å². The van der Waals surface area contributed by atoms with Gasteiger partial charge in [0.25, 0.3) is 0 Å². The van der Waals surface area contributed by atoms with E-state index in [2.05, 4.69) is 4.98 Å². The largest absolute Gasteiger partial charge is 0.491 e. The Kier molecular flexibility index (Phi) is 4.65. The van der Waals surface area contributed by atoms with Crippen LogP contribution in [0.4, 0.5) is 0 Å². The summed E-state index contributed by atoms with van der Waals surface area (Å²) in [6, 6.07) is 13.8. The lowest BCUT2D eigenvalue weighted by Gasteiger charge is -2.12. The molecule has 0 saturated carbocycles. The van der Waals surface area contributed by atoms with E-state index in [0.29, 0.717) is 5.75 Å². The first-order chi connectivity index (χ1) is 10.7. The highest BCUT2D eigenvalue weighted by Gasteiger charge is 2.09. The van der Waals surface area contributed by atoms with Crippen molar-refractivity contribution >= 4 is 17.3 Å². The first-order valence-electron chi connectivity index (χ1n) is 7.15. The van der Waals surface area contributed by atoms with Crippen LogP contribution in [-0.4, -0.2) is 33.0 Å². The van der Waals surface area contributed by atoms with E-state index >= 15 is 0 Å². The topological polar surface area (TPSA) is 46.8 Å². The number of benzene rings is 1. The molecule has 5 heteroatoms. The third-order valence-corrected chi connectivity index (χ3v) is 4.35. The van der Waals surface area contributed by atoms with Crippen LogP contribution < -0.4 is 4.74 Å². The molecule has 1 atom stereocenters. The number of aliphatic hydroxyl groups is 1. The molecular weight excluding hydrogens is 296 g/mol. The van der Waals surface area contributed by atoms with E-state index in [1.165, 1.54) is 11.8 Å². The van der Waals surface area contributed by atoms with Crippen molar-refractivity contribution in [3.63, 3.8) is 0 Å². The lowest BCUT2D eigenvalue weighted by Crippen LogP contribution is -2.20. The van der Waals surface area contributed by atoms with Crippen LogP contribution in [0, 0.1) is 6.92 Å². The smallest absolute Gasteiger partial charge is 0.172 e. The molecule has 0 aliphatic rings. The van der Waals surface area contributed by atoms with E-state index in [4.69, 9.17) is 4.74 Å². The van der Waals surface area contributed by atoms with Gasteiger partial charge in [-0.15, -0.1) is 0 Å². The Hall–Kier alpha value is -1.98. The van der Waals surface area contributed by atoms with Gasteiger partial charge in [0.05, 0.1) is 17.8 Å². The molecule has 3 aromatic rings. The third-order valence-electron chi connectivity index (χ3n) is 3.24. The number of fused-ring (bicyclic) bond motifs is 1. The standard InChI is InChI=1S/C17H18N2O2S/c1-13-5-4-7-16(9-13)21-11-15(20)12-22-17-18-10-14-6-2-3-8-19(14)17/h2-10,15,20H,11-12H2,1H3/t15-/m1/s1. The molecule has 0 unspecified atom stereocenters. The molecule has 0 aliphatic heterocycles. The molecule has 22 heavy (non-hydrogen) atoms. The van der Waals surface area contributed by atoms with E-state index in [1.807, 2.05) is 66.2 Å². The predicted octanol–water partition coefficient (Wildman–Crippen LogP) is 3.17. The number of hydrogen-bond donors (Lipinski definition) is 1. The third kappa shape index (κ3) is 3.61. The highest BCUT2D eigenvalue weighted by molar-refractivity contribution is 7.99. The summed E-state index contributed by atoms with van der Waals surface area (Å²) >= 11 is 1.52. The molecule has 0 amide bonds. The van der Waals surface area contributed by atoms with E-state index in [9.17, 15) is 5.11 Å². The zero-order valence-corrected chi connectivity index (χ0v) is 13.2. The molecular formula is C17H18N2O2S. The molecule has 0 saturated heterocycles. The number of aromatic nitrogens is 2. The molecule has 114 valence electrons. The van der Waals surface area contributed by atoms with E-state index in [1.54, 1.807) is 0 Å². The summed E-state index contributed by atoms with van der Waals surface area (Å²) in [5.74, 6) is 1.33. The lowest BCUT2D eigenvalue weighted by molar-refractivity contribution is 0.126. The van der Waals surface area contributed by atoms with Crippen molar-refractivity contribution < 1.29 is 9.84 Å². The Morgan fingerprint density at radius 2 is 2.18 bits per heavy atom.